The Balaban J connectivity index is 1.31. The summed E-state index contributed by atoms with van der Waals surface area (Å²) in [7, 11) is 0. The Morgan fingerprint density at radius 3 is 1.84 bits per heavy atom. The molecule has 0 fully saturated rings. The number of imide groups is 1. The largest absolute Gasteiger partial charge is 0.326 e. The molecule has 3 N–H and O–H groups in total. The number of hydrogen-bond donors (Lipinski definition) is 3. The topological polar surface area (TPSA) is 108 Å². The minimum Gasteiger partial charge on any atom is -0.326 e. The van der Waals surface area contributed by atoms with Crippen molar-refractivity contribution in [2.75, 3.05) is 22.5 Å². The van der Waals surface area contributed by atoms with Crippen LogP contribution in [0.15, 0.2) is 78.9 Å². The highest BCUT2D eigenvalue weighted by Crippen LogP contribution is 2.22. The number of rotatable bonds is 6. The Kier molecular flexibility index (Phi) is 5.94. The van der Waals surface area contributed by atoms with Gasteiger partial charge in [-0.05, 0) is 42.5 Å². The third-order valence-corrected chi connectivity index (χ3v) is 4.88. The van der Waals surface area contributed by atoms with Crippen LogP contribution < -0.4 is 16.0 Å². The molecule has 3 aromatic rings. The first-order chi connectivity index (χ1) is 15.5. The van der Waals surface area contributed by atoms with Crippen molar-refractivity contribution in [1.29, 1.82) is 0 Å². The molecule has 160 valence electrons. The van der Waals surface area contributed by atoms with Crippen LogP contribution in [0.5, 0.6) is 0 Å². The molecule has 5 amide bonds. The van der Waals surface area contributed by atoms with Gasteiger partial charge in [0, 0.05) is 30.0 Å². The van der Waals surface area contributed by atoms with Crippen molar-refractivity contribution in [1.82, 2.24) is 4.90 Å². The number of para-hydroxylation sites is 1. The van der Waals surface area contributed by atoms with E-state index in [4.69, 9.17) is 0 Å². The highest BCUT2D eigenvalue weighted by atomic mass is 16.2. The SMILES string of the molecule is O=C(CCN1C(=O)c2ccccc2C1=O)Nc1cccc(NC(=O)Nc2ccccc2)c1. The first-order valence-electron chi connectivity index (χ1n) is 9.99. The Labute approximate surface area is 184 Å². The zero-order valence-corrected chi connectivity index (χ0v) is 17.0. The van der Waals surface area contributed by atoms with E-state index in [0.717, 1.165) is 4.90 Å². The molecule has 0 saturated heterocycles. The van der Waals surface area contributed by atoms with Crippen molar-refractivity contribution in [3.63, 3.8) is 0 Å². The highest BCUT2D eigenvalue weighted by molar-refractivity contribution is 6.21. The second-order valence-corrected chi connectivity index (χ2v) is 7.13. The second-order valence-electron chi connectivity index (χ2n) is 7.13. The average Bonchev–Trinajstić information content (AvgIpc) is 3.03. The molecule has 0 spiro atoms. The fourth-order valence-corrected chi connectivity index (χ4v) is 3.37. The van der Waals surface area contributed by atoms with E-state index in [1.165, 1.54) is 0 Å². The number of benzene rings is 3. The van der Waals surface area contributed by atoms with Crippen molar-refractivity contribution < 1.29 is 19.2 Å². The van der Waals surface area contributed by atoms with Crippen molar-refractivity contribution in [3.05, 3.63) is 90.0 Å². The minimum absolute atomic E-state index is 0.0183. The molecule has 8 heteroatoms. The zero-order valence-electron chi connectivity index (χ0n) is 17.0. The number of nitrogens with one attached hydrogen (secondary N) is 3. The fourth-order valence-electron chi connectivity index (χ4n) is 3.37. The van der Waals surface area contributed by atoms with Crippen LogP contribution in [0.4, 0.5) is 21.9 Å². The van der Waals surface area contributed by atoms with E-state index in [9.17, 15) is 19.2 Å². The number of hydrogen-bond acceptors (Lipinski definition) is 4. The molecule has 1 heterocycles. The number of nitrogens with zero attached hydrogens (tertiary/aromatic N) is 1. The number of carbonyl (C=O) groups is 4. The third kappa shape index (κ3) is 4.65. The van der Waals surface area contributed by atoms with Crippen molar-refractivity contribution in [2.45, 2.75) is 6.42 Å². The van der Waals surface area contributed by atoms with E-state index in [-0.39, 0.29) is 18.9 Å². The van der Waals surface area contributed by atoms with E-state index in [2.05, 4.69) is 16.0 Å². The molecular weight excluding hydrogens is 408 g/mol. The summed E-state index contributed by atoms with van der Waals surface area (Å²) in [5.41, 5.74) is 2.34. The van der Waals surface area contributed by atoms with Crippen LogP contribution in [0, 0.1) is 0 Å². The molecule has 32 heavy (non-hydrogen) atoms. The lowest BCUT2D eigenvalue weighted by atomic mass is 10.1. The lowest BCUT2D eigenvalue weighted by Crippen LogP contribution is -2.32. The summed E-state index contributed by atoms with van der Waals surface area (Å²) in [6.45, 7) is -0.0183. The summed E-state index contributed by atoms with van der Waals surface area (Å²) in [5.74, 6) is -1.14. The van der Waals surface area contributed by atoms with Crippen LogP contribution in [-0.4, -0.2) is 35.2 Å². The maximum Gasteiger partial charge on any atom is 0.323 e. The van der Waals surface area contributed by atoms with E-state index >= 15 is 0 Å². The van der Waals surface area contributed by atoms with Crippen molar-refractivity contribution in [2.24, 2.45) is 0 Å². The van der Waals surface area contributed by atoms with Gasteiger partial charge in [-0.2, -0.15) is 0 Å². The lowest BCUT2D eigenvalue weighted by molar-refractivity contribution is -0.116. The minimum atomic E-state index is -0.412. The normalized spacial score (nSPS) is 12.3. The van der Waals surface area contributed by atoms with Crippen LogP contribution in [0.3, 0.4) is 0 Å². The van der Waals surface area contributed by atoms with Gasteiger partial charge in [-0.25, -0.2) is 4.79 Å². The molecule has 1 aliphatic rings. The summed E-state index contributed by atoms with van der Waals surface area (Å²) in [5, 5.41) is 8.14. The molecular formula is C24H20N4O4. The molecule has 3 aromatic carbocycles. The first-order valence-corrected chi connectivity index (χ1v) is 9.99. The van der Waals surface area contributed by atoms with Gasteiger partial charge < -0.3 is 16.0 Å². The third-order valence-electron chi connectivity index (χ3n) is 4.88. The summed E-state index contributed by atoms with van der Waals surface area (Å²) in [6, 6.07) is 21.9. The van der Waals surface area contributed by atoms with Gasteiger partial charge >= 0.3 is 6.03 Å². The molecule has 1 aliphatic heterocycles. The van der Waals surface area contributed by atoms with Gasteiger partial charge in [-0.3, -0.25) is 19.3 Å². The smallest absolute Gasteiger partial charge is 0.323 e. The number of amides is 5. The monoisotopic (exact) mass is 428 g/mol. The predicted molar refractivity (Wildman–Crippen MR) is 121 cm³/mol. The van der Waals surface area contributed by atoms with Gasteiger partial charge in [-0.1, -0.05) is 36.4 Å². The highest BCUT2D eigenvalue weighted by Gasteiger charge is 2.34. The quantitative estimate of drug-likeness (QED) is 0.517. The van der Waals surface area contributed by atoms with Crippen LogP contribution in [0.25, 0.3) is 0 Å². The van der Waals surface area contributed by atoms with E-state index < -0.39 is 17.8 Å². The molecule has 8 nitrogen and oxygen atoms in total. The van der Waals surface area contributed by atoms with Gasteiger partial charge in [0.05, 0.1) is 11.1 Å². The summed E-state index contributed by atoms with van der Waals surface area (Å²) in [6.07, 6.45) is -0.0440. The molecule has 0 aliphatic carbocycles. The van der Waals surface area contributed by atoms with Crippen LogP contribution in [0.1, 0.15) is 27.1 Å². The molecule has 4 rings (SSSR count). The van der Waals surface area contributed by atoms with Gasteiger partial charge in [0.2, 0.25) is 5.91 Å². The average molecular weight is 428 g/mol. The fraction of sp³-hybridized carbons (Fsp3) is 0.0833. The molecule has 0 saturated carbocycles. The van der Waals surface area contributed by atoms with Gasteiger partial charge in [0.1, 0.15) is 0 Å². The van der Waals surface area contributed by atoms with Crippen molar-refractivity contribution >= 4 is 40.8 Å². The molecule has 0 aromatic heterocycles. The van der Waals surface area contributed by atoms with Crippen LogP contribution >= 0.6 is 0 Å². The van der Waals surface area contributed by atoms with Gasteiger partial charge in [0.25, 0.3) is 11.8 Å². The Morgan fingerprint density at radius 2 is 1.19 bits per heavy atom. The maximum absolute atomic E-state index is 12.4. The van der Waals surface area contributed by atoms with Gasteiger partial charge in [0.15, 0.2) is 0 Å². The molecule has 0 unspecified atom stereocenters. The summed E-state index contributed by atoms with van der Waals surface area (Å²) < 4.78 is 0. The molecule has 0 bridgehead atoms. The Bertz CT molecular complexity index is 1160. The Morgan fingerprint density at radius 1 is 0.656 bits per heavy atom. The first kappa shape index (κ1) is 20.8. The van der Waals surface area contributed by atoms with E-state index in [1.54, 1.807) is 60.7 Å². The number of urea groups is 1. The standard InChI is InChI=1S/C24H20N4O4/c29-21(13-14-28-22(30)19-11-4-5-12-20(19)23(28)31)25-17-9-6-10-18(15-17)27-24(32)26-16-7-2-1-3-8-16/h1-12,15H,13-14H2,(H,25,29)(H2,26,27,32). The van der Waals surface area contributed by atoms with Crippen LogP contribution in [-0.2, 0) is 4.79 Å². The molecule has 0 atom stereocenters. The summed E-state index contributed by atoms with van der Waals surface area (Å²) >= 11 is 0. The lowest BCUT2D eigenvalue weighted by Gasteiger charge is -2.14. The van der Waals surface area contributed by atoms with E-state index in [1.807, 2.05) is 18.2 Å². The zero-order chi connectivity index (χ0) is 22.5. The van der Waals surface area contributed by atoms with Gasteiger partial charge in [-0.15, -0.1) is 0 Å². The number of fused-ring (bicyclic) bond motifs is 1. The van der Waals surface area contributed by atoms with Crippen LogP contribution in [0.2, 0.25) is 0 Å². The summed E-state index contributed by atoms with van der Waals surface area (Å²) in [4.78, 5) is 50.4. The van der Waals surface area contributed by atoms with Crippen molar-refractivity contribution in [3.8, 4) is 0 Å². The van der Waals surface area contributed by atoms with E-state index in [0.29, 0.717) is 28.2 Å². The Hall–Kier alpha value is -4.46. The number of anilines is 3. The number of carbonyl (C=O) groups excluding carboxylic acids is 4. The predicted octanol–water partition coefficient (Wildman–Crippen LogP) is 3.96. The maximum atomic E-state index is 12.4. The second kappa shape index (κ2) is 9.13. The molecule has 0 radical (unpaired) electrons.